The minimum absolute atomic E-state index is 0. The molecule has 23 heavy (non-hydrogen) atoms. The van der Waals surface area contributed by atoms with Gasteiger partial charge in [-0.1, -0.05) is 24.6 Å². The third-order valence-corrected chi connectivity index (χ3v) is 4.19. The van der Waals surface area contributed by atoms with Crippen molar-refractivity contribution in [1.82, 2.24) is 10.2 Å². The molecule has 1 aromatic rings. The lowest BCUT2D eigenvalue weighted by molar-refractivity contribution is -0.141. The van der Waals surface area contributed by atoms with Crippen LogP contribution in [0.2, 0.25) is 5.02 Å². The van der Waals surface area contributed by atoms with Crippen molar-refractivity contribution in [3.05, 3.63) is 29.3 Å². The van der Waals surface area contributed by atoms with E-state index in [0.29, 0.717) is 16.8 Å². The second-order valence-electron chi connectivity index (χ2n) is 5.73. The molecule has 1 heterocycles. The molecular weight excluding hydrogens is 335 g/mol. The summed E-state index contributed by atoms with van der Waals surface area (Å²) in [5.41, 5.74) is 0. The molecule has 1 aliphatic rings. The monoisotopic (exact) mass is 360 g/mol. The minimum Gasteiger partial charge on any atom is -0.481 e. The van der Waals surface area contributed by atoms with Crippen LogP contribution < -0.4 is 10.1 Å². The Balaban J connectivity index is 0.00000264. The molecule has 0 aromatic heterocycles. The predicted octanol–water partition coefficient (Wildman–Crippen LogP) is 3.52. The van der Waals surface area contributed by atoms with Crippen molar-refractivity contribution in [1.29, 1.82) is 0 Å². The molecule has 1 aliphatic heterocycles. The van der Waals surface area contributed by atoms with E-state index >= 15 is 0 Å². The molecule has 1 unspecified atom stereocenters. The summed E-state index contributed by atoms with van der Waals surface area (Å²) in [5, 5.41) is 3.95. The summed E-state index contributed by atoms with van der Waals surface area (Å²) in [6.07, 6.45) is 2.48. The van der Waals surface area contributed by atoms with E-state index in [4.69, 9.17) is 16.3 Å². The van der Waals surface area contributed by atoms with E-state index in [1.54, 1.807) is 12.1 Å². The zero-order valence-corrected chi connectivity index (χ0v) is 15.3. The number of carbonyl (C=O) groups excluding carboxylic acids is 1. The molecule has 1 aromatic carbocycles. The Hall–Kier alpha value is -0.970. The number of benzene rings is 1. The fourth-order valence-corrected chi connectivity index (χ4v) is 3.04. The Labute approximate surface area is 149 Å². The van der Waals surface area contributed by atoms with Crippen LogP contribution in [0.4, 0.5) is 0 Å². The van der Waals surface area contributed by atoms with Crippen LogP contribution in [0.5, 0.6) is 5.75 Å². The van der Waals surface area contributed by atoms with Crippen LogP contribution in [-0.4, -0.2) is 42.6 Å². The molecule has 130 valence electrons. The van der Waals surface area contributed by atoms with Crippen molar-refractivity contribution >= 4 is 29.9 Å². The number of rotatable bonds is 6. The zero-order valence-electron chi connectivity index (χ0n) is 13.8. The van der Waals surface area contributed by atoms with E-state index in [0.717, 1.165) is 38.9 Å². The summed E-state index contributed by atoms with van der Waals surface area (Å²) in [6.45, 7) is 6.65. The molecule has 0 bridgehead atoms. The number of hydrogen-bond donors (Lipinski definition) is 1. The van der Waals surface area contributed by atoms with E-state index in [-0.39, 0.29) is 18.3 Å². The van der Waals surface area contributed by atoms with E-state index in [1.807, 2.05) is 24.0 Å². The van der Waals surface area contributed by atoms with Crippen LogP contribution in [0.3, 0.4) is 0 Å². The first kappa shape index (κ1) is 20.1. The molecule has 1 N–H and O–H groups in total. The largest absolute Gasteiger partial charge is 0.481 e. The van der Waals surface area contributed by atoms with Crippen LogP contribution in [0.25, 0.3) is 0 Å². The van der Waals surface area contributed by atoms with Crippen LogP contribution >= 0.6 is 24.0 Å². The maximum absolute atomic E-state index is 12.8. The van der Waals surface area contributed by atoms with Gasteiger partial charge in [-0.15, -0.1) is 12.4 Å². The van der Waals surface area contributed by atoms with Crippen molar-refractivity contribution in [3.63, 3.8) is 0 Å². The number of ether oxygens (including phenoxy) is 1. The lowest BCUT2D eigenvalue weighted by atomic mass is 10.0. The molecule has 1 amide bonds. The van der Waals surface area contributed by atoms with Crippen molar-refractivity contribution < 1.29 is 9.53 Å². The Kier molecular flexibility index (Phi) is 8.74. The SMILES string of the molecule is CCCN(C(=O)C(C)Oc1cccc(Cl)c1)C1CCNCC1.Cl. The van der Waals surface area contributed by atoms with Crippen LogP contribution in [0.1, 0.15) is 33.1 Å². The van der Waals surface area contributed by atoms with Gasteiger partial charge in [-0.2, -0.15) is 0 Å². The van der Waals surface area contributed by atoms with E-state index in [2.05, 4.69) is 12.2 Å². The number of hydrogen-bond acceptors (Lipinski definition) is 3. The molecule has 1 fully saturated rings. The van der Waals surface area contributed by atoms with Crippen molar-refractivity contribution in [2.24, 2.45) is 0 Å². The average Bonchev–Trinajstić information content (AvgIpc) is 2.53. The Morgan fingerprint density at radius 1 is 1.43 bits per heavy atom. The summed E-state index contributed by atoms with van der Waals surface area (Å²) in [5.74, 6) is 0.698. The summed E-state index contributed by atoms with van der Waals surface area (Å²) in [4.78, 5) is 14.8. The van der Waals surface area contributed by atoms with Gasteiger partial charge in [-0.25, -0.2) is 0 Å². The van der Waals surface area contributed by atoms with Gasteiger partial charge >= 0.3 is 0 Å². The highest BCUT2D eigenvalue weighted by molar-refractivity contribution is 6.30. The van der Waals surface area contributed by atoms with Crippen LogP contribution in [0, 0.1) is 0 Å². The maximum Gasteiger partial charge on any atom is 0.263 e. The molecule has 6 heteroatoms. The fourth-order valence-electron chi connectivity index (χ4n) is 2.86. The zero-order chi connectivity index (χ0) is 15.9. The predicted molar refractivity (Wildman–Crippen MR) is 96.7 cm³/mol. The lowest BCUT2D eigenvalue weighted by Gasteiger charge is -2.36. The molecule has 0 radical (unpaired) electrons. The van der Waals surface area contributed by atoms with Gasteiger partial charge in [0.25, 0.3) is 5.91 Å². The third-order valence-electron chi connectivity index (χ3n) is 3.95. The van der Waals surface area contributed by atoms with Gasteiger partial charge in [0.1, 0.15) is 5.75 Å². The molecule has 0 saturated carbocycles. The minimum atomic E-state index is -0.500. The van der Waals surface area contributed by atoms with Gasteiger partial charge in [-0.3, -0.25) is 4.79 Å². The number of piperidine rings is 1. The molecule has 0 aliphatic carbocycles. The highest BCUT2D eigenvalue weighted by Crippen LogP contribution is 2.20. The normalized spacial score (nSPS) is 16.3. The second kappa shape index (κ2) is 10.0. The first-order chi connectivity index (χ1) is 10.6. The van der Waals surface area contributed by atoms with Crippen molar-refractivity contribution in [3.8, 4) is 5.75 Å². The van der Waals surface area contributed by atoms with Gasteiger partial charge in [0, 0.05) is 17.6 Å². The number of carbonyl (C=O) groups is 1. The second-order valence-corrected chi connectivity index (χ2v) is 6.17. The number of nitrogens with zero attached hydrogens (tertiary/aromatic N) is 1. The summed E-state index contributed by atoms with van der Waals surface area (Å²) in [7, 11) is 0. The first-order valence-corrected chi connectivity index (χ1v) is 8.43. The smallest absolute Gasteiger partial charge is 0.263 e. The summed E-state index contributed by atoms with van der Waals surface area (Å²) >= 11 is 5.96. The van der Waals surface area contributed by atoms with E-state index < -0.39 is 6.10 Å². The fraction of sp³-hybridized carbons (Fsp3) is 0.588. The Morgan fingerprint density at radius 3 is 2.74 bits per heavy atom. The van der Waals surface area contributed by atoms with Crippen molar-refractivity contribution in [2.45, 2.75) is 45.3 Å². The molecule has 1 atom stereocenters. The van der Waals surface area contributed by atoms with Crippen molar-refractivity contribution in [2.75, 3.05) is 19.6 Å². The van der Waals surface area contributed by atoms with Crippen LogP contribution in [-0.2, 0) is 4.79 Å². The van der Waals surface area contributed by atoms with Gasteiger partial charge in [0.2, 0.25) is 0 Å². The first-order valence-electron chi connectivity index (χ1n) is 8.05. The number of amides is 1. The van der Waals surface area contributed by atoms with Gasteiger partial charge < -0.3 is 15.0 Å². The van der Waals surface area contributed by atoms with Gasteiger partial charge in [0.05, 0.1) is 0 Å². The van der Waals surface area contributed by atoms with E-state index in [1.165, 1.54) is 0 Å². The maximum atomic E-state index is 12.8. The van der Waals surface area contributed by atoms with Crippen LogP contribution in [0.15, 0.2) is 24.3 Å². The summed E-state index contributed by atoms with van der Waals surface area (Å²) in [6, 6.07) is 7.49. The lowest BCUT2D eigenvalue weighted by Crippen LogP contribution is -2.50. The third kappa shape index (κ3) is 5.87. The highest BCUT2D eigenvalue weighted by Gasteiger charge is 2.28. The topological polar surface area (TPSA) is 41.6 Å². The molecule has 1 saturated heterocycles. The Bertz CT molecular complexity index is 493. The highest BCUT2D eigenvalue weighted by atomic mass is 35.5. The molecular formula is C17H26Cl2N2O2. The van der Waals surface area contributed by atoms with Gasteiger partial charge in [0.15, 0.2) is 6.10 Å². The quantitative estimate of drug-likeness (QED) is 0.843. The Morgan fingerprint density at radius 2 is 2.13 bits per heavy atom. The number of nitrogens with one attached hydrogen (secondary N) is 1. The van der Waals surface area contributed by atoms with E-state index in [9.17, 15) is 4.79 Å². The van der Waals surface area contributed by atoms with Gasteiger partial charge in [-0.05, 0) is 57.5 Å². The standard InChI is InChI=1S/C17H25ClN2O2.ClH/c1-3-11-20(15-7-9-19-10-8-15)17(21)13(2)22-16-6-4-5-14(18)12-16;/h4-6,12-13,15,19H,3,7-11H2,1-2H3;1H. The number of halogens is 2. The summed E-state index contributed by atoms with van der Waals surface area (Å²) < 4.78 is 5.78. The molecule has 4 nitrogen and oxygen atoms in total. The average molecular weight is 361 g/mol. The molecule has 2 rings (SSSR count). The molecule has 0 spiro atoms.